The molecule has 6 nitrogen and oxygen atoms in total. The molecule has 0 saturated heterocycles. The number of aromatic nitrogens is 2. The van der Waals surface area contributed by atoms with E-state index in [9.17, 15) is 5.26 Å². The van der Waals surface area contributed by atoms with E-state index in [2.05, 4.69) is 66.0 Å². The molecule has 3 aromatic heterocycles. The van der Waals surface area contributed by atoms with Crippen molar-refractivity contribution in [2.45, 2.75) is 19.8 Å². The molecule has 4 N–H and O–H groups in total. The minimum absolute atomic E-state index is 0.547. The van der Waals surface area contributed by atoms with Crippen LogP contribution in [0.25, 0.3) is 38.7 Å². The van der Waals surface area contributed by atoms with Crippen molar-refractivity contribution in [3.63, 3.8) is 0 Å². The van der Waals surface area contributed by atoms with Gasteiger partial charge in [-0.25, -0.2) is 0 Å². The Hall–Kier alpha value is -5.50. The van der Waals surface area contributed by atoms with Crippen molar-refractivity contribution in [1.82, 2.24) is 9.97 Å². The minimum Gasteiger partial charge on any atom is -0.405 e. The highest BCUT2D eigenvalue weighted by atomic mass is 32.1. The Bertz CT molecular complexity index is 1840. The minimum atomic E-state index is 0.547. The number of nitriles is 2. The van der Waals surface area contributed by atoms with Gasteiger partial charge in [-0.05, 0) is 90.0 Å². The molecule has 0 spiro atoms. The van der Waals surface area contributed by atoms with Crippen molar-refractivity contribution in [2.75, 3.05) is 0 Å². The summed E-state index contributed by atoms with van der Waals surface area (Å²) in [6.45, 7) is 6.16. The van der Waals surface area contributed by atoms with Crippen LogP contribution in [0.3, 0.4) is 0 Å². The third-order valence-electron chi connectivity index (χ3n) is 6.64. The van der Waals surface area contributed by atoms with Gasteiger partial charge in [-0.15, -0.1) is 11.3 Å². The Kier molecular flexibility index (Phi) is 9.99. The maximum atomic E-state index is 9.17. The Morgan fingerprint density at radius 2 is 1.81 bits per heavy atom. The van der Waals surface area contributed by atoms with E-state index >= 15 is 0 Å². The van der Waals surface area contributed by atoms with Gasteiger partial charge >= 0.3 is 0 Å². The molecule has 0 aliphatic carbocycles. The summed E-state index contributed by atoms with van der Waals surface area (Å²) in [5.41, 5.74) is 18.9. The summed E-state index contributed by atoms with van der Waals surface area (Å²) < 4.78 is 1.17. The van der Waals surface area contributed by atoms with Gasteiger partial charge in [0.25, 0.3) is 0 Å². The zero-order chi connectivity index (χ0) is 29.9. The second-order valence-corrected chi connectivity index (χ2v) is 10.4. The van der Waals surface area contributed by atoms with Gasteiger partial charge in [0.15, 0.2) is 0 Å². The topological polar surface area (TPSA) is 125 Å². The van der Waals surface area contributed by atoms with Gasteiger partial charge in [0, 0.05) is 39.3 Å². The number of nitrogens with zero attached hydrogens (tertiary/aromatic N) is 4. The van der Waals surface area contributed by atoms with E-state index in [1.165, 1.54) is 21.8 Å². The van der Waals surface area contributed by atoms with Crippen molar-refractivity contribution >= 4 is 38.6 Å². The SMILES string of the molecule is C=C/C(=C\c1sc2cc(C(/C=C\CC/C=C(C#N)\C=C/N)=C/N)ccc2c1C)c1ccc(-c2cc(C#N)ccn2)nc1. The highest BCUT2D eigenvalue weighted by Gasteiger charge is 2.11. The molecular weight excluding hydrogens is 536 g/mol. The number of rotatable bonds is 10. The molecule has 0 bridgehead atoms. The molecule has 0 aliphatic rings. The molecule has 7 heteroatoms. The quantitative estimate of drug-likeness (QED) is 0.114. The maximum absolute atomic E-state index is 9.17. The first-order chi connectivity index (χ1) is 20.5. The molecule has 3 heterocycles. The van der Waals surface area contributed by atoms with Gasteiger partial charge in [0.2, 0.25) is 0 Å². The van der Waals surface area contributed by atoms with E-state index in [1.807, 2.05) is 30.4 Å². The second-order valence-electron chi connectivity index (χ2n) is 9.31. The lowest BCUT2D eigenvalue weighted by molar-refractivity contribution is 1.05. The molecule has 0 saturated carbocycles. The lowest BCUT2D eigenvalue weighted by Gasteiger charge is -2.05. The highest BCUT2D eigenvalue weighted by Crippen LogP contribution is 2.35. The Morgan fingerprint density at radius 1 is 0.976 bits per heavy atom. The second kappa shape index (κ2) is 14.2. The summed E-state index contributed by atoms with van der Waals surface area (Å²) in [7, 11) is 0. The van der Waals surface area contributed by atoms with Crippen molar-refractivity contribution in [1.29, 1.82) is 10.5 Å². The Labute approximate surface area is 250 Å². The molecule has 0 unspecified atom stereocenters. The van der Waals surface area contributed by atoms with E-state index in [1.54, 1.807) is 48.1 Å². The van der Waals surface area contributed by atoms with Gasteiger partial charge in [-0.1, -0.05) is 49.1 Å². The number of allylic oxidation sites excluding steroid dienone is 8. The van der Waals surface area contributed by atoms with E-state index in [0.29, 0.717) is 22.5 Å². The summed E-state index contributed by atoms with van der Waals surface area (Å²) in [5, 5.41) is 19.5. The molecule has 0 fully saturated rings. The van der Waals surface area contributed by atoms with Gasteiger partial charge in [-0.2, -0.15) is 10.5 Å². The Balaban J connectivity index is 1.55. The average Bonchev–Trinajstić information content (AvgIpc) is 3.34. The standard InChI is InChI=1S/C35H30N6S/c1-3-27(30-10-12-32(41-23-30)33-17-26(21-38)14-16-40-33)18-34-24(2)31-11-9-28(19-35(31)42-34)29(22-39)8-6-4-5-7-25(20-37)13-15-36/h3,6-19,22-23H,1,4-5,36,39H2,2H3/b8-6-,15-13-,25-7+,27-18+,29-22+. The predicted molar refractivity (Wildman–Crippen MR) is 174 cm³/mol. The van der Waals surface area contributed by atoms with Crippen LogP contribution in [0, 0.1) is 29.6 Å². The Morgan fingerprint density at radius 3 is 2.50 bits per heavy atom. The molecule has 206 valence electrons. The number of thiophene rings is 1. The summed E-state index contributed by atoms with van der Waals surface area (Å²) in [6.07, 6.45) is 19.4. The number of fused-ring (bicyclic) bond motifs is 1. The molecule has 42 heavy (non-hydrogen) atoms. The van der Waals surface area contributed by atoms with Gasteiger partial charge in [0.05, 0.1) is 29.1 Å². The summed E-state index contributed by atoms with van der Waals surface area (Å²) in [4.78, 5) is 10.1. The number of hydrogen-bond donors (Lipinski definition) is 2. The first kappa shape index (κ1) is 29.5. The largest absolute Gasteiger partial charge is 0.405 e. The van der Waals surface area contributed by atoms with Crippen LogP contribution in [-0.2, 0) is 0 Å². The summed E-state index contributed by atoms with van der Waals surface area (Å²) in [5.74, 6) is 0. The fourth-order valence-electron chi connectivity index (χ4n) is 4.37. The van der Waals surface area contributed by atoms with Crippen LogP contribution in [-0.4, -0.2) is 9.97 Å². The number of unbranched alkanes of at least 4 members (excludes halogenated alkanes) is 1. The lowest BCUT2D eigenvalue weighted by Crippen LogP contribution is -1.90. The molecule has 1 aromatic carbocycles. The van der Waals surface area contributed by atoms with Crippen molar-refractivity contribution in [2.24, 2.45) is 11.5 Å². The van der Waals surface area contributed by atoms with Gasteiger partial charge in [-0.3, -0.25) is 9.97 Å². The van der Waals surface area contributed by atoms with E-state index < -0.39 is 0 Å². The van der Waals surface area contributed by atoms with Crippen molar-refractivity contribution in [3.8, 4) is 23.5 Å². The van der Waals surface area contributed by atoms with E-state index in [4.69, 9.17) is 16.7 Å². The lowest BCUT2D eigenvalue weighted by atomic mass is 10.0. The van der Waals surface area contributed by atoms with Crippen LogP contribution in [0.1, 0.15) is 40.0 Å². The average molecular weight is 567 g/mol. The normalized spacial score (nSPS) is 12.6. The maximum Gasteiger partial charge on any atom is 0.0992 e. The monoisotopic (exact) mass is 566 g/mol. The fraction of sp³-hybridized carbons (Fsp3) is 0.0857. The summed E-state index contributed by atoms with van der Waals surface area (Å²) in [6, 6.07) is 17.9. The van der Waals surface area contributed by atoms with E-state index in [0.717, 1.165) is 40.0 Å². The fourth-order valence-corrected chi connectivity index (χ4v) is 5.57. The van der Waals surface area contributed by atoms with Crippen LogP contribution in [0.2, 0.25) is 0 Å². The number of benzene rings is 1. The highest BCUT2D eigenvalue weighted by molar-refractivity contribution is 7.20. The molecule has 0 radical (unpaired) electrons. The zero-order valence-corrected chi connectivity index (χ0v) is 24.1. The van der Waals surface area contributed by atoms with Gasteiger partial charge < -0.3 is 11.5 Å². The molecular formula is C35H30N6S. The smallest absolute Gasteiger partial charge is 0.0992 e. The van der Waals surface area contributed by atoms with Crippen molar-refractivity contribution < 1.29 is 0 Å². The first-order valence-electron chi connectivity index (χ1n) is 13.3. The van der Waals surface area contributed by atoms with Crippen LogP contribution in [0.5, 0.6) is 0 Å². The molecule has 0 amide bonds. The number of pyridine rings is 2. The van der Waals surface area contributed by atoms with Crippen molar-refractivity contribution in [3.05, 3.63) is 137 Å². The molecule has 4 rings (SSSR count). The van der Waals surface area contributed by atoms with Gasteiger partial charge in [0.1, 0.15) is 0 Å². The predicted octanol–water partition coefficient (Wildman–Crippen LogP) is 7.82. The molecule has 0 aliphatic heterocycles. The van der Waals surface area contributed by atoms with E-state index in [-0.39, 0.29) is 0 Å². The molecule has 4 aromatic rings. The number of aryl methyl sites for hydroxylation is 1. The van der Waals surface area contributed by atoms with Crippen LogP contribution in [0.15, 0.2) is 110 Å². The zero-order valence-electron chi connectivity index (χ0n) is 23.3. The molecule has 0 atom stereocenters. The van der Waals surface area contributed by atoms with Crippen LogP contribution < -0.4 is 11.5 Å². The first-order valence-corrected chi connectivity index (χ1v) is 14.1. The third-order valence-corrected chi connectivity index (χ3v) is 7.84. The summed E-state index contributed by atoms with van der Waals surface area (Å²) >= 11 is 1.72. The number of nitrogens with two attached hydrogens (primary N) is 2. The van der Waals surface area contributed by atoms with Crippen LogP contribution in [0.4, 0.5) is 0 Å². The number of hydrogen-bond acceptors (Lipinski definition) is 7. The third kappa shape index (κ3) is 6.98. The van der Waals surface area contributed by atoms with Crippen LogP contribution >= 0.6 is 11.3 Å².